The molecule has 4 nitrogen and oxygen atoms in total. The van der Waals surface area contributed by atoms with Gasteiger partial charge in [-0.3, -0.25) is 9.97 Å². The third kappa shape index (κ3) is 11.5. The number of hydrogen-bond acceptors (Lipinski definition) is 3. The second-order valence-corrected chi connectivity index (χ2v) is 3.03. The van der Waals surface area contributed by atoms with Crippen molar-refractivity contribution in [3.05, 3.63) is 79.9 Å². The molecule has 0 saturated carbocycles. The van der Waals surface area contributed by atoms with Gasteiger partial charge in [0, 0.05) is 24.7 Å². The van der Waals surface area contributed by atoms with Gasteiger partial charge in [-0.05, 0) is 30.3 Å². The number of pyridine rings is 2. The Kier molecular flexibility index (Phi) is 10.0. The van der Waals surface area contributed by atoms with E-state index in [1.54, 1.807) is 24.7 Å². The molecular weight excluding hydrogens is 240 g/mol. The van der Waals surface area contributed by atoms with Crippen LogP contribution in [-0.2, 0) is 4.79 Å². The summed E-state index contributed by atoms with van der Waals surface area (Å²) in [5.74, 6) is -0.981. The van der Waals surface area contributed by atoms with Crippen LogP contribution in [0.1, 0.15) is 5.69 Å². The van der Waals surface area contributed by atoms with Crippen molar-refractivity contribution >= 4 is 12.0 Å². The van der Waals surface area contributed by atoms with E-state index in [1.807, 2.05) is 36.4 Å². The number of aromatic nitrogens is 2. The molecule has 2 aromatic rings. The van der Waals surface area contributed by atoms with Gasteiger partial charge in [-0.1, -0.05) is 25.3 Å². The summed E-state index contributed by atoms with van der Waals surface area (Å²) in [5, 5.41) is 7.60. The van der Waals surface area contributed by atoms with Crippen molar-refractivity contribution in [2.45, 2.75) is 0 Å². The predicted molar refractivity (Wildman–Crippen MR) is 76.4 cm³/mol. The normalized spacial score (nSPS) is 7.79. The van der Waals surface area contributed by atoms with Crippen molar-refractivity contribution in [1.82, 2.24) is 9.97 Å². The fraction of sp³-hybridized carbons (Fsp3) is 0. The van der Waals surface area contributed by atoms with Gasteiger partial charge in [-0.25, -0.2) is 4.79 Å². The Bertz CT molecular complexity index is 443. The fourth-order valence-electron chi connectivity index (χ4n) is 0.809. The standard InChI is InChI=1S/C7H7N.C5H5N.C3H4O2/c1-2-7-5-3-4-6-8-7;1-2-4-6-5-3-1;1-2-3(4)5/h2-6H,1H2;1-5H;2H,1H2,(H,4,5). The molecule has 0 aliphatic rings. The lowest BCUT2D eigenvalue weighted by Gasteiger charge is -1.84. The summed E-state index contributed by atoms with van der Waals surface area (Å²) < 4.78 is 0. The number of carboxylic acids is 1. The Hall–Kier alpha value is -2.75. The average molecular weight is 256 g/mol. The number of nitrogens with zero attached hydrogens (tertiary/aromatic N) is 2. The first-order valence-corrected chi connectivity index (χ1v) is 5.44. The van der Waals surface area contributed by atoms with E-state index >= 15 is 0 Å². The molecule has 0 aliphatic carbocycles. The minimum absolute atomic E-state index is 0.833. The highest BCUT2D eigenvalue weighted by atomic mass is 16.4. The Balaban J connectivity index is 0.000000265. The maximum atomic E-state index is 9.25. The summed E-state index contributed by atoms with van der Waals surface area (Å²) in [4.78, 5) is 17.0. The summed E-state index contributed by atoms with van der Waals surface area (Å²) >= 11 is 0. The summed E-state index contributed by atoms with van der Waals surface area (Å²) in [6.45, 7) is 6.53. The Morgan fingerprint density at radius 2 is 1.63 bits per heavy atom. The van der Waals surface area contributed by atoms with E-state index in [9.17, 15) is 4.79 Å². The van der Waals surface area contributed by atoms with E-state index in [4.69, 9.17) is 5.11 Å². The Morgan fingerprint density at radius 1 is 1.05 bits per heavy atom. The molecule has 2 aromatic heterocycles. The Labute approximate surface area is 112 Å². The molecule has 4 heteroatoms. The van der Waals surface area contributed by atoms with Gasteiger partial charge in [0.15, 0.2) is 0 Å². The van der Waals surface area contributed by atoms with Crippen LogP contribution < -0.4 is 0 Å². The van der Waals surface area contributed by atoms with Crippen LogP contribution in [0.2, 0.25) is 0 Å². The zero-order valence-corrected chi connectivity index (χ0v) is 10.5. The summed E-state index contributed by atoms with van der Waals surface area (Å²) in [5.41, 5.74) is 0.924. The van der Waals surface area contributed by atoms with Crippen molar-refractivity contribution in [3.8, 4) is 0 Å². The van der Waals surface area contributed by atoms with Gasteiger partial charge in [0.05, 0.1) is 5.69 Å². The molecule has 2 heterocycles. The quantitative estimate of drug-likeness (QED) is 0.839. The summed E-state index contributed by atoms with van der Waals surface area (Å²) in [6, 6.07) is 11.4. The van der Waals surface area contributed by atoms with E-state index in [0.29, 0.717) is 0 Å². The molecule has 0 bridgehead atoms. The molecular formula is C15H16N2O2. The third-order valence-corrected chi connectivity index (χ3v) is 1.64. The zero-order chi connectivity index (χ0) is 14.3. The Morgan fingerprint density at radius 3 is 1.84 bits per heavy atom. The molecule has 0 aromatic carbocycles. The number of hydrogen-bond donors (Lipinski definition) is 1. The molecule has 0 amide bonds. The molecule has 0 unspecified atom stereocenters. The van der Waals surface area contributed by atoms with Crippen molar-refractivity contribution in [2.75, 3.05) is 0 Å². The SMILES string of the molecule is C=CC(=O)O.C=Cc1ccccn1.c1ccncc1. The minimum Gasteiger partial charge on any atom is -0.478 e. The summed E-state index contributed by atoms with van der Waals surface area (Å²) in [7, 11) is 0. The van der Waals surface area contributed by atoms with Gasteiger partial charge < -0.3 is 5.11 Å². The van der Waals surface area contributed by atoms with Gasteiger partial charge in [0.1, 0.15) is 0 Å². The second-order valence-electron chi connectivity index (χ2n) is 3.03. The van der Waals surface area contributed by atoms with Gasteiger partial charge in [0.25, 0.3) is 0 Å². The van der Waals surface area contributed by atoms with Crippen molar-refractivity contribution < 1.29 is 9.90 Å². The fourth-order valence-corrected chi connectivity index (χ4v) is 0.809. The molecule has 19 heavy (non-hydrogen) atoms. The smallest absolute Gasteiger partial charge is 0.327 e. The van der Waals surface area contributed by atoms with Crippen molar-refractivity contribution in [2.24, 2.45) is 0 Å². The van der Waals surface area contributed by atoms with E-state index in [1.165, 1.54) is 0 Å². The number of rotatable bonds is 2. The van der Waals surface area contributed by atoms with Gasteiger partial charge >= 0.3 is 5.97 Å². The van der Waals surface area contributed by atoms with Crippen molar-refractivity contribution in [3.63, 3.8) is 0 Å². The number of carbonyl (C=O) groups is 1. The van der Waals surface area contributed by atoms with E-state index in [2.05, 4.69) is 23.1 Å². The predicted octanol–water partition coefficient (Wildman–Crippen LogP) is 3.06. The van der Waals surface area contributed by atoms with Crippen LogP contribution in [0.5, 0.6) is 0 Å². The van der Waals surface area contributed by atoms with E-state index < -0.39 is 5.97 Å². The number of aliphatic carboxylic acids is 1. The third-order valence-electron chi connectivity index (χ3n) is 1.64. The molecule has 0 aliphatic heterocycles. The van der Waals surface area contributed by atoms with Crippen LogP contribution in [0.15, 0.2) is 74.2 Å². The highest BCUT2D eigenvalue weighted by Gasteiger charge is 1.77. The average Bonchev–Trinajstić information content (AvgIpc) is 2.51. The highest BCUT2D eigenvalue weighted by molar-refractivity contribution is 5.78. The van der Waals surface area contributed by atoms with E-state index in [-0.39, 0.29) is 0 Å². The first-order valence-electron chi connectivity index (χ1n) is 5.44. The molecule has 0 spiro atoms. The monoisotopic (exact) mass is 256 g/mol. The lowest BCUT2D eigenvalue weighted by Crippen LogP contribution is -1.82. The zero-order valence-electron chi connectivity index (χ0n) is 10.5. The highest BCUT2D eigenvalue weighted by Crippen LogP contribution is 1.91. The molecule has 0 radical (unpaired) electrons. The van der Waals surface area contributed by atoms with Crippen LogP contribution in [0.25, 0.3) is 6.08 Å². The first-order chi connectivity index (χ1) is 9.20. The van der Waals surface area contributed by atoms with Crippen LogP contribution >= 0.6 is 0 Å². The van der Waals surface area contributed by atoms with Gasteiger partial charge in [0.2, 0.25) is 0 Å². The second kappa shape index (κ2) is 11.7. The topological polar surface area (TPSA) is 63.1 Å². The molecule has 1 N–H and O–H groups in total. The first kappa shape index (κ1) is 16.2. The van der Waals surface area contributed by atoms with Crippen LogP contribution in [0, 0.1) is 0 Å². The lowest BCUT2D eigenvalue weighted by molar-refractivity contribution is -0.131. The maximum absolute atomic E-state index is 9.25. The van der Waals surface area contributed by atoms with Gasteiger partial charge in [-0.15, -0.1) is 0 Å². The minimum atomic E-state index is -0.981. The molecule has 2 rings (SSSR count). The molecule has 0 fully saturated rings. The maximum Gasteiger partial charge on any atom is 0.327 e. The molecule has 98 valence electrons. The van der Waals surface area contributed by atoms with E-state index in [0.717, 1.165) is 11.8 Å². The van der Waals surface area contributed by atoms with Crippen molar-refractivity contribution in [1.29, 1.82) is 0 Å². The summed E-state index contributed by atoms with van der Waals surface area (Å²) in [6.07, 6.45) is 7.80. The largest absolute Gasteiger partial charge is 0.478 e. The van der Waals surface area contributed by atoms with Crippen LogP contribution in [0.4, 0.5) is 0 Å². The van der Waals surface area contributed by atoms with Crippen LogP contribution in [0.3, 0.4) is 0 Å². The van der Waals surface area contributed by atoms with Crippen LogP contribution in [-0.4, -0.2) is 21.0 Å². The number of carboxylic acid groups (broad SMARTS) is 1. The lowest BCUT2D eigenvalue weighted by atomic mass is 10.4. The van der Waals surface area contributed by atoms with Gasteiger partial charge in [-0.2, -0.15) is 0 Å². The molecule has 0 saturated heterocycles. The molecule has 0 atom stereocenters.